The van der Waals surface area contributed by atoms with Gasteiger partial charge in [0.2, 0.25) is 8.32 Å². The number of sulfone groups is 1. The van der Waals surface area contributed by atoms with Gasteiger partial charge in [-0.05, 0) is 32.5 Å². The smallest absolute Gasteiger partial charge is 0.294 e. The van der Waals surface area contributed by atoms with Crippen LogP contribution in [-0.2, 0) is 42.6 Å². The molecule has 0 saturated heterocycles. The summed E-state index contributed by atoms with van der Waals surface area (Å²) < 4.78 is 81.5. The van der Waals surface area contributed by atoms with Crippen LogP contribution in [0, 0.1) is 0 Å². The van der Waals surface area contributed by atoms with Crippen molar-refractivity contribution in [2.75, 3.05) is 31.0 Å². The quantitative estimate of drug-likeness (QED) is 0.252. The van der Waals surface area contributed by atoms with Crippen molar-refractivity contribution in [3.63, 3.8) is 0 Å². The lowest BCUT2D eigenvalue weighted by Crippen LogP contribution is -2.30. The lowest BCUT2D eigenvalue weighted by atomic mass is 10.5. The van der Waals surface area contributed by atoms with Gasteiger partial charge in [0.25, 0.3) is 10.1 Å². The Hall–Kier alpha value is -0.0531. The zero-order valence-corrected chi connectivity index (χ0v) is 17.1. The van der Waals surface area contributed by atoms with Crippen molar-refractivity contribution < 1.29 is 37.5 Å². The SMILES string of the molecule is C[Si](C)(C)OS(=O)(=O)OCCCS(=O)(=O)CCCOS(C)(=O)=O. The molecule has 0 atom stereocenters. The van der Waals surface area contributed by atoms with Crippen molar-refractivity contribution in [1.29, 1.82) is 0 Å². The Morgan fingerprint density at radius 1 is 0.783 bits per heavy atom. The van der Waals surface area contributed by atoms with Gasteiger partial charge < -0.3 is 0 Å². The van der Waals surface area contributed by atoms with Crippen LogP contribution in [0.25, 0.3) is 0 Å². The van der Waals surface area contributed by atoms with Gasteiger partial charge in [0.1, 0.15) is 9.84 Å². The summed E-state index contributed by atoms with van der Waals surface area (Å²) >= 11 is 0. The van der Waals surface area contributed by atoms with Gasteiger partial charge in [-0.25, -0.2) is 12.6 Å². The molecule has 0 spiro atoms. The standard InChI is InChI=1S/C10H24O9S3Si/c1-20(11,12)17-7-5-9-21(13,14)10-6-8-18-22(15,16)19-23(2,3)4/h5-10H2,1-4H3. The molecule has 9 nitrogen and oxygen atoms in total. The third-order valence-electron chi connectivity index (χ3n) is 2.08. The molecule has 0 unspecified atom stereocenters. The zero-order chi connectivity index (χ0) is 18.4. The zero-order valence-electron chi connectivity index (χ0n) is 13.6. The van der Waals surface area contributed by atoms with E-state index in [1.807, 2.05) is 0 Å². The van der Waals surface area contributed by atoms with Crippen molar-refractivity contribution in [3.8, 4) is 0 Å². The highest BCUT2D eigenvalue weighted by Gasteiger charge is 2.25. The Labute approximate surface area is 139 Å². The molecule has 0 aromatic carbocycles. The largest absolute Gasteiger partial charge is 0.390 e. The molecule has 23 heavy (non-hydrogen) atoms. The van der Waals surface area contributed by atoms with Crippen molar-refractivity contribution in [1.82, 2.24) is 0 Å². The number of hydrogen-bond donors (Lipinski definition) is 0. The molecule has 0 aliphatic heterocycles. The predicted octanol–water partition coefficient (Wildman–Crippen LogP) is 0.271. The fourth-order valence-electron chi connectivity index (χ4n) is 1.36. The summed E-state index contributed by atoms with van der Waals surface area (Å²) in [6, 6.07) is 0. The summed E-state index contributed by atoms with van der Waals surface area (Å²) in [5.74, 6) is -0.519. The molecule has 0 aliphatic rings. The summed E-state index contributed by atoms with van der Waals surface area (Å²) in [6.07, 6.45) is 0.901. The topological polar surface area (TPSA) is 130 Å². The second kappa shape index (κ2) is 8.87. The summed E-state index contributed by atoms with van der Waals surface area (Å²) in [6.45, 7) is 4.52. The minimum Gasteiger partial charge on any atom is -0.294 e. The highest BCUT2D eigenvalue weighted by molar-refractivity contribution is 7.91. The maximum atomic E-state index is 11.7. The van der Waals surface area contributed by atoms with E-state index in [1.165, 1.54) is 0 Å². The van der Waals surface area contributed by atoms with Crippen molar-refractivity contribution in [2.45, 2.75) is 32.5 Å². The van der Waals surface area contributed by atoms with E-state index in [0.717, 1.165) is 6.26 Å². The fourth-order valence-corrected chi connectivity index (χ4v) is 6.07. The summed E-state index contributed by atoms with van der Waals surface area (Å²) in [5, 5.41) is 0. The van der Waals surface area contributed by atoms with E-state index in [9.17, 15) is 25.3 Å². The Balaban J connectivity index is 4.08. The van der Waals surface area contributed by atoms with E-state index in [2.05, 4.69) is 8.37 Å². The molecule has 0 aromatic heterocycles. The van der Waals surface area contributed by atoms with E-state index >= 15 is 0 Å². The summed E-state index contributed by atoms with van der Waals surface area (Å²) in [4.78, 5) is 0. The molecule has 0 fully saturated rings. The molecule has 0 heterocycles. The minimum atomic E-state index is -4.11. The molecular formula is C10H24O9S3Si. The van der Waals surface area contributed by atoms with Crippen LogP contribution in [0.2, 0.25) is 19.6 Å². The van der Waals surface area contributed by atoms with Crippen molar-refractivity contribution in [2.24, 2.45) is 0 Å². The third kappa shape index (κ3) is 15.2. The van der Waals surface area contributed by atoms with Gasteiger partial charge in [-0.15, -0.1) is 0 Å². The van der Waals surface area contributed by atoms with Crippen LogP contribution in [0.4, 0.5) is 0 Å². The molecular weight excluding hydrogens is 388 g/mol. The monoisotopic (exact) mass is 412 g/mol. The Morgan fingerprint density at radius 2 is 1.22 bits per heavy atom. The molecule has 0 aromatic rings. The first-order valence-corrected chi connectivity index (χ1v) is 15.1. The molecule has 13 heteroatoms. The molecule has 0 amide bonds. The molecule has 0 radical (unpaired) electrons. The van der Waals surface area contributed by atoms with Crippen molar-refractivity contribution in [3.05, 3.63) is 0 Å². The average Bonchev–Trinajstić information content (AvgIpc) is 2.26. The summed E-state index contributed by atoms with van der Waals surface area (Å²) in [5.41, 5.74) is 0. The van der Waals surface area contributed by atoms with Gasteiger partial charge in [0.15, 0.2) is 0 Å². The molecule has 0 saturated carbocycles. The molecule has 0 aliphatic carbocycles. The predicted molar refractivity (Wildman–Crippen MR) is 88.0 cm³/mol. The van der Waals surface area contributed by atoms with Gasteiger partial charge in [-0.3, -0.25) is 8.06 Å². The maximum Gasteiger partial charge on any atom is 0.390 e. The van der Waals surface area contributed by atoms with E-state index in [1.54, 1.807) is 19.6 Å². The van der Waals surface area contributed by atoms with E-state index in [4.69, 9.17) is 3.87 Å². The highest BCUT2D eigenvalue weighted by Crippen LogP contribution is 2.10. The fraction of sp³-hybridized carbons (Fsp3) is 1.00. The van der Waals surface area contributed by atoms with Crippen LogP contribution in [0.1, 0.15) is 12.8 Å². The summed E-state index contributed by atoms with van der Waals surface area (Å²) in [7, 11) is -13.5. The van der Waals surface area contributed by atoms with Crippen LogP contribution in [0.3, 0.4) is 0 Å². The average molecular weight is 413 g/mol. The third-order valence-corrected chi connectivity index (χ3v) is 7.76. The van der Waals surface area contributed by atoms with E-state index in [0.29, 0.717) is 0 Å². The van der Waals surface area contributed by atoms with Crippen LogP contribution >= 0.6 is 0 Å². The minimum absolute atomic E-state index is 0.0104. The van der Waals surface area contributed by atoms with Crippen LogP contribution in [0.15, 0.2) is 0 Å². The first-order chi connectivity index (χ1) is 10.1. The Kier molecular flexibility index (Phi) is 8.85. The van der Waals surface area contributed by atoms with Gasteiger partial charge in [0, 0.05) is 0 Å². The molecule has 0 N–H and O–H groups in total. The van der Waals surface area contributed by atoms with Crippen LogP contribution in [0.5, 0.6) is 0 Å². The van der Waals surface area contributed by atoms with E-state index in [-0.39, 0.29) is 37.6 Å². The number of rotatable bonds is 12. The first-order valence-electron chi connectivity index (χ1n) is 6.77. The Bertz CT molecular complexity index is 659. The van der Waals surface area contributed by atoms with Gasteiger partial charge in [0.05, 0.1) is 31.0 Å². The van der Waals surface area contributed by atoms with Gasteiger partial charge >= 0.3 is 10.4 Å². The lowest BCUT2D eigenvalue weighted by Gasteiger charge is -2.16. The number of hydrogen-bond acceptors (Lipinski definition) is 9. The Morgan fingerprint density at radius 3 is 1.61 bits per heavy atom. The van der Waals surface area contributed by atoms with E-state index < -0.39 is 38.7 Å². The second-order valence-corrected chi connectivity index (χ2v) is 15.7. The van der Waals surface area contributed by atoms with Gasteiger partial charge in [-0.2, -0.15) is 16.8 Å². The van der Waals surface area contributed by atoms with Crippen LogP contribution in [-0.4, -0.2) is 64.5 Å². The maximum absolute atomic E-state index is 11.7. The first kappa shape index (κ1) is 22.9. The molecule has 0 bridgehead atoms. The molecule has 140 valence electrons. The van der Waals surface area contributed by atoms with Crippen molar-refractivity contribution >= 4 is 38.7 Å². The normalized spacial score (nSPS) is 14.1. The van der Waals surface area contributed by atoms with Gasteiger partial charge in [-0.1, -0.05) is 0 Å². The molecule has 0 rings (SSSR count). The van der Waals surface area contributed by atoms with Crippen LogP contribution < -0.4 is 0 Å². The lowest BCUT2D eigenvalue weighted by molar-refractivity contribution is 0.272. The second-order valence-electron chi connectivity index (χ2n) is 5.81. The highest BCUT2D eigenvalue weighted by atomic mass is 32.3.